The molecule has 0 amide bonds. The Hall–Kier alpha value is -0.904. The topological polar surface area (TPSA) is 9.23 Å². The maximum atomic E-state index is 6.41. The van der Waals surface area contributed by atoms with Crippen LogP contribution in [0.15, 0.2) is 77.3 Å². The number of hydrogen-bond donors (Lipinski definition) is 0. The third-order valence-electron chi connectivity index (χ3n) is 5.03. The molecule has 0 fully saturated rings. The van der Waals surface area contributed by atoms with Gasteiger partial charge in [0, 0.05) is 23.7 Å². The molecular formula is C23H29BrFeOSi-6. The van der Waals surface area contributed by atoms with Crippen molar-refractivity contribution < 1.29 is 21.5 Å². The Balaban J connectivity index is 0.000000526. The average Bonchev–Trinajstić information content (AvgIpc) is 3.28. The molecule has 0 atom stereocenters. The molecule has 1 nitrogen and oxygen atoms in total. The summed E-state index contributed by atoms with van der Waals surface area (Å²) in [4.78, 5) is 0. The van der Waals surface area contributed by atoms with Crippen molar-refractivity contribution in [1.82, 2.24) is 0 Å². The first-order valence-electron chi connectivity index (χ1n) is 9.02. The molecule has 3 rings (SSSR count). The molecule has 0 saturated heterocycles. The monoisotopic (exact) mass is 484 g/mol. The van der Waals surface area contributed by atoms with Crippen LogP contribution in [0.3, 0.4) is 0 Å². The maximum absolute atomic E-state index is 6.41. The van der Waals surface area contributed by atoms with Gasteiger partial charge in [-0.15, -0.1) is 23.8 Å². The minimum Gasteiger partial charge on any atom is -0.748 e. The van der Waals surface area contributed by atoms with E-state index in [4.69, 9.17) is 4.43 Å². The van der Waals surface area contributed by atoms with Gasteiger partial charge < -0.3 is 34.8 Å². The molecule has 3 aromatic carbocycles. The summed E-state index contributed by atoms with van der Waals surface area (Å²) in [6.45, 7) is 12.1. The van der Waals surface area contributed by atoms with Crippen LogP contribution in [0.2, 0.25) is 18.1 Å². The van der Waals surface area contributed by atoms with Gasteiger partial charge in [-0.05, 0) is 22.6 Å². The molecule has 0 N–H and O–H groups in total. The van der Waals surface area contributed by atoms with Gasteiger partial charge in [0.2, 0.25) is 0 Å². The molecule has 0 saturated carbocycles. The summed E-state index contributed by atoms with van der Waals surface area (Å²) in [6, 6.07) is 24.8. The molecule has 152 valence electrons. The van der Waals surface area contributed by atoms with Crippen LogP contribution < -0.4 is 0 Å². The summed E-state index contributed by atoms with van der Waals surface area (Å²) in [5.74, 6) is 0. The molecule has 0 bridgehead atoms. The molecule has 0 aromatic heterocycles. The fourth-order valence-electron chi connectivity index (χ4n) is 2.32. The van der Waals surface area contributed by atoms with Gasteiger partial charge in [-0.1, -0.05) is 60.0 Å². The molecule has 0 heterocycles. The molecule has 0 aliphatic heterocycles. The number of benzene rings is 1. The predicted octanol–water partition coefficient (Wildman–Crippen LogP) is 7.76. The van der Waals surface area contributed by atoms with Gasteiger partial charge in [0.05, 0.1) is 0 Å². The van der Waals surface area contributed by atoms with E-state index in [9.17, 15) is 0 Å². The van der Waals surface area contributed by atoms with Crippen molar-refractivity contribution in [3.8, 4) is 11.1 Å². The van der Waals surface area contributed by atoms with E-state index in [0.29, 0.717) is 6.61 Å². The Bertz CT molecular complexity index is 754. The standard InChI is InChI=1S/C18H24BrOSi.C5H5.Fe/c1-18(2,3)21(4,5)20-13-16-15(11-8-12-17(16)19)14-9-6-7-10-14;1-2-4-5-3-1;/h6-12H,13H2,1-5H3;1-5H;/q-1;-5;. The van der Waals surface area contributed by atoms with E-state index >= 15 is 0 Å². The molecule has 0 radical (unpaired) electrons. The first-order chi connectivity index (χ1) is 12.2. The quantitative estimate of drug-likeness (QED) is 0.271. The molecule has 0 aliphatic rings. The molecular weight excluding hydrogens is 456 g/mol. The van der Waals surface area contributed by atoms with Crippen molar-refractivity contribution >= 4 is 24.2 Å². The number of rotatable bonds is 4. The van der Waals surface area contributed by atoms with E-state index in [1.807, 2.05) is 30.3 Å². The normalized spacial score (nSPS) is 11.3. The van der Waals surface area contributed by atoms with Crippen LogP contribution in [-0.4, -0.2) is 8.32 Å². The zero-order chi connectivity index (χ0) is 19.2. The van der Waals surface area contributed by atoms with E-state index in [1.54, 1.807) is 0 Å². The van der Waals surface area contributed by atoms with E-state index in [-0.39, 0.29) is 22.1 Å². The first-order valence-corrected chi connectivity index (χ1v) is 12.7. The van der Waals surface area contributed by atoms with Crippen LogP contribution >= 0.6 is 15.9 Å². The summed E-state index contributed by atoms with van der Waals surface area (Å²) in [5, 5.41) is 0.231. The van der Waals surface area contributed by atoms with Gasteiger partial charge in [0.15, 0.2) is 8.32 Å². The Kier molecular flexibility index (Phi) is 9.47. The van der Waals surface area contributed by atoms with Gasteiger partial charge in [-0.25, -0.2) is 0 Å². The van der Waals surface area contributed by atoms with E-state index in [2.05, 4.69) is 92.3 Å². The zero-order valence-electron chi connectivity index (χ0n) is 16.8. The van der Waals surface area contributed by atoms with Gasteiger partial charge in [-0.2, -0.15) is 12.1 Å². The molecule has 3 aromatic rings. The van der Waals surface area contributed by atoms with Gasteiger partial charge in [-0.3, -0.25) is 0 Å². The number of hydrogen-bond acceptors (Lipinski definition) is 1. The minimum absolute atomic E-state index is 0. The Morgan fingerprint density at radius 1 is 0.963 bits per heavy atom. The smallest absolute Gasteiger partial charge is 0.191 e. The summed E-state index contributed by atoms with van der Waals surface area (Å²) >= 11 is 3.69. The largest absolute Gasteiger partial charge is 0.748 e. The van der Waals surface area contributed by atoms with Crippen LogP contribution in [0.1, 0.15) is 26.3 Å². The summed E-state index contributed by atoms with van der Waals surface area (Å²) < 4.78 is 7.53. The van der Waals surface area contributed by atoms with Crippen LogP contribution in [0.5, 0.6) is 0 Å². The summed E-state index contributed by atoms with van der Waals surface area (Å²) in [6.07, 6.45) is 0. The van der Waals surface area contributed by atoms with E-state index in [0.717, 1.165) is 4.47 Å². The Morgan fingerprint density at radius 3 is 1.96 bits per heavy atom. The van der Waals surface area contributed by atoms with E-state index in [1.165, 1.54) is 16.7 Å². The number of halogens is 1. The molecule has 27 heavy (non-hydrogen) atoms. The molecule has 0 unspecified atom stereocenters. The van der Waals surface area contributed by atoms with Crippen molar-refractivity contribution in [2.24, 2.45) is 0 Å². The maximum Gasteiger partial charge on any atom is 0.191 e. The second kappa shape index (κ2) is 10.6. The zero-order valence-corrected chi connectivity index (χ0v) is 20.5. The average molecular weight is 485 g/mol. The van der Waals surface area contributed by atoms with Gasteiger partial charge in [0.1, 0.15) is 0 Å². The summed E-state index contributed by atoms with van der Waals surface area (Å²) in [5.41, 5.74) is 3.76. The molecule has 0 aliphatic carbocycles. The third kappa shape index (κ3) is 6.88. The van der Waals surface area contributed by atoms with Crippen LogP contribution in [0.4, 0.5) is 0 Å². The fraction of sp³-hybridized carbons (Fsp3) is 0.304. The second-order valence-electron chi connectivity index (χ2n) is 7.95. The van der Waals surface area contributed by atoms with Crippen LogP contribution in [0.25, 0.3) is 11.1 Å². The Labute approximate surface area is 184 Å². The fourth-order valence-corrected chi connectivity index (χ4v) is 3.74. The third-order valence-corrected chi connectivity index (χ3v) is 10.3. The summed E-state index contributed by atoms with van der Waals surface area (Å²) in [7, 11) is -1.74. The molecule has 4 heteroatoms. The SMILES string of the molecule is CC(C)(C)[Si](C)(C)OCc1c(Br)cccc1-[c-]1cccc1.[Fe].[cH-]1[cH-][cH-][cH-][cH-]1. The minimum atomic E-state index is -1.74. The van der Waals surface area contributed by atoms with Gasteiger partial charge in [0.25, 0.3) is 0 Å². The van der Waals surface area contributed by atoms with Crippen molar-refractivity contribution in [1.29, 1.82) is 0 Å². The van der Waals surface area contributed by atoms with Crippen LogP contribution in [0, 0.1) is 0 Å². The second-order valence-corrected chi connectivity index (χ2v) is 13.6. The van der Waals surface area contributed by atoms with Crippen LogP contribution in [-0.2, 0) is 28.1 Å². The van der Waals surface area contributed by atoms with Gasteiger partial charge >= 0.3 is 0 Å². The Morgan fingerprint density at radius 2 is 1.48 bits per heavy atom. The van der Waals surface area contributed by atoms with Crippen molar-refractivity contribution in [2.45, 2.75) is 45.5 Å². The first kappa shape index (κ1) is 24.1. The van der Waals surface area contributed by atoms with E-state index < -0.39 is 8.32 Å². The van der Waals surface area contributed by atoms with Crippen molar-refractivity contribution in [3.05, 3.63) is 82.8 Å². The molecule has 0 spiro atoms. The van der Waals surface area contributed by atoms with Crippen molar-refractivity contribution in [3.63, 3.8) is 0 Å². The van der Waals surface area contributed by atoms with Crippen molar-refractivity contribution in [2.75, 3.05) is 0 Å². The predicted molar refractivity (Wildman–Crippen MR) is 119 cm³/mol.